The first-order chi connectivity index (χ1) is 8.66. The highest BCUT2D eigenvalue weighted by Crippen LogP contribution is 2.29. The molecule has 1 aliphatic heterocycles. The highest BCUT2D eigenvalue weighted by Gasteiger charge is 2.28. The summed E-state index contributed by atoms with van der Waals surface area (Å²) in [6, 6.07) is 6.32. The SMILES string of the molecule is Fc1ccccc1C1C[C@@H](CCCC(F)F)ON1. The Bertz CT molecular complexity index is 386. The second kappa shape index (κ2) is 6.20. The molecule has 100 valence electrons. The van der Waals surface area contributed by atoms with Crippen LogP contribution in [0.25, 0.3) is 0 Å². The fourth-order valence-corrected chi connectivity index (χ4v) is 2.16. The molecular weight excluding hydrogens is 243 g/mol. The van der Waals surface area contributed by atoms with E-state index in [4.69, 9.17) is 4.84 Å². The number of halogens is 3. The van der Waals surface area contributed by atoms with Crippen molar-refractivity contribution in [3.05, 3.63) is 35.6 Å². The quantitative estimate of drug-likeness (QED) is 0.872. The lowest BCUT2D eigenvalue weighted by molar-refractivity contribution is 0.0180. The fraction of sp³-hybridized carbons (Fsp3) is 0.538. The molecule has 1 unspecified atom stereocenters. The van der Waals surface area contributed by atoms with Gasteiger partial charge in [-0.2, -0.15) is 5.48 Å². The molecule has 1 aromatic rings. The molecule has 1 fully saturated rings. The predicted molar refractivity (Wildman–Crippen MR) is 61.6 cm³/mol. The summed E-state index contributed by atoms with van der Waals surface area (Å²) in [7, 11) is 0. The highest BCUT2D eigenvalue weighted by molar-refractivity contribution is 5.21. The number of hydrogen-bond acceptors (Lipinski definition) is 2. The van der Waals surface area contributed by atoms with Crippen LogP contribution in [0.4, 0.5) is 13.2 Å². The van der Waals surface area contributed by atoms with Crippen LogP contribution < -0.4 is 5.48 Å². The van der Waals surface area contributed by atoms with E-state index in [2.05, 4.69) is 5.48 Å². The molecule has 2 nitrogen and oxygen atoms in total. The summed E-state index contributed by atoms with van der Waals surface area (Å²) in [5, 5.41) is 0. The van der Waals surface area contributed by atoms with Crippen LogP contribution in [-0.2, 0) is 4.84 Å². The third-order valence-electron chi connectivity index (χ3n) is 3.10. The zero-order chi connectivity index (χ0) is 13.0. The lowest BCUT2D eigenvalue weighted by atomic mass is 9.99. The minimum atomic E-state index is -2.26. The molecule has 1 N–H and O–H groups in total. The van der Waals surface area contributed by atoms with Crippen molar-refractivity contribution < 1.29 is 18.0 Å². The van der Waals surface area contributed by atoms with Crippen molar-refractivity contribution in [2.75, 3.05) is 0 Å². The normalized spacial score (nSPS) is 23.8. The summed E-state index contributed by atoms with van der Waals surface area (Å²) >= 11 is 0. The molecular formula is C13H16F3NO. The smallest absolute Gasteiger partial charge is 0.238 e. The van der Waals surface area contributed by atoms with Crippen LogP contribution in [0.1, 0.15) is 37.3 Å². The molecule has 0 radical (unpaired) electrons. The Morgan fingerprint density at radius 2 is 2.11 bits per heavy atom. The van der Waals surface area contributed by atoms with Crippen LogP contribution in [0.15, 0.2) is 24.3 Å². The maximum absolute atomic E-state index is 13.5. The van der Waals surface area contributed by atoms with Crippen molar-refractivity contribution in [1.29, 1.82) is 0 Å². The van der Waals surface area contributed by atoms with Gasteiger partial charge in [-0.25, -0.2) is 13.2 Å². The Morgan fingerprint density at radius 3 is 2.83 bits per heavy atom. The van der Waals surface area contributed by atoms with Gasteiger partial charge in [0, 0.05) is 12.0 Å². The number of nitrogens with one attached hydrogen (secondary N) is 1. The van der Waals surface area contributed by atoms with Crippen molar-refractivity contribution >= 4 is 0 Å². The van der Waals surface area contributed by atoms with Crippen molar-refractivity contribution in [1.82, 2.24) is 5.48 Å². The number of alkyl halides is 2. The van der Waals surface area contributed by atoms with Gasteiger partial charge >= 0.3 is 0 Å². The molecule has 1 aliphatic rings. The summed E-state index contributed by atoms with van der Waals surface area (Å²) in [5.74, 6) is -0.271. The molecule has 0 amide bonds. The second-order valence-corrected chi connectivity index (χ2v) is 4.49. The number of rotatable bonds is 5. The summed E-state index contributed by atoms with van der Waals surface area (Å²) in [6.07, 6.45) is -0.875. The van der Waals surface area contributed by atoms with Gasteiger partial charge in [0.05, 0.1) is 12.1 Å². The fourth-order valence-electron chi connectivity index (χ4n) is 2.16. The molecule has 1 heterocycles. The Hall–Kier alpha value is -1.07. The van der Waals surface area contributed by atoms with Gasteiger partial charge < -0.3 is 0 Å². The molecule has 0 aromatic heterocycles. The standard InChI is InChI=1S/C13H16F3NO/c14-11-6-2-1-5-10(11)12-8-9(18-17-12)4-3-7-13(15)16/h1-2,5-6,9,12-13,17H,3-4,7-8H2/t9-,12?/m1/s1. The lowest BCUT2D eigenvalue weighted by Crippen LogP contribution is -2.13. The van der Waals surface area contributed by atoms with E-state index < -0.39 is 6.43 Å². The van der Waals surface area contributed by atoms with Gasteiger partial charge in [0.25, 0.3) is 0 Å². The third-order valence-corrected chi connectivity index (χ3v) is 3.10. The van der Waals surface area contributed by atoms with Crippen LogP contribution in [0.2, 0.25) is 0 Å². The summed E-state index contributed by atoms with van der Waals surface area (Å²) in [6.45, 7) is 0. The molecule has 18 heavy (non-hydrogen) atoms. The van der Waals surface area contributed by atoms with Gasteiger partial charge in [-0.05, 0) is 25.3 Å². The van der Waals surface area contributed by atoms with E-state index in [-0.39, 0.29) is 24.4 Å². The summed E-state index contributed by atoms with van der Waals surface area (Å²) in [4.78, 5) is 5.30. The van der Waals surface area contributed by atoms with E-state index in [1.807, 2.05) is 0 Å². The Balaban J connectivity index is 1.83. The number of hydrogen-bond donors (Lipinski definition) is 1. The van der Waals surface area contributed by atoms with E-state index in [1.54, 1.807) is 18.2 Å². The first-order valence-electron chi connectivity index (χ1n) is 6.10. The average Bonchev–Trinajstić information content (AvgIpc) is 2.78. The first kappa shape index (κ1) is 13.4. The van der Waals surface area contributed by atoms with Crippen molar-refractivity contribution in [3.8, 4) is 0 Å². The van der Waals surface area contributed by atoms with Crippen LogP contribution >= 0.6 is 0 Å². The van der Waals surface area contributed by atoms with Crippen LogP contribution in [0, 0.1) is 5.82 Å². The molecule has 2 rings (SSSR count). The second-order valence-electron chi connectivity index (χ2n) is 4.49. The topological polar surface area (TPSA) is 21.3 Å². The zero-order valence-corrected chi connectivity index (χ0v) is 9.91. The van der Waals surface area contributed by atoms with Gasteiger partial charge in [0.15, 0.2) is 0 Å². The van der Waals surface area contributed by atoms with Gasteiger partial charge in [0.1, 0.15) is 5.82 Å². The largest absolute Gasteiger partial charge is 0.298 e. The molecule has 0 spiro atoms. The van der Waals surface area contributed by atoms with Gasteiger partial charge in [-0.15, -0.1) is 0 Å². The summed E-state index contributed by atoms with van der Waals surface area (Å²) in [5.41, 5.74) is 3.34. The first-order valence-corrected chi connectivity index (χ1v) is 6.10. The summed E-state index contributed by atoms with van der Waals surface area (Å²) < 4.78 is 37.5. The maximum Gasteiger partial charge on any atom is 0.238 e. The minimum absolute atomic E-state index is 0.107. The molecule has 0 bridgehead atoms. The van der Waals surface area contributed by atoms with Gasteiger partial charge in [0.2, 0.25) is 6.43 Å². The van der Waals surface area contributed by atoms with Gasteiger partial charge in [-0.3, -0.25) is 4.84 Å². The van der Waals surface area contributed by atoms with E-state index >= 15 is 0 Å². The minimum Gasteiger partial charge on any atom is -0.298 e. The van der Waals surface area contributed by atoms with Crippen LogP contribution in [0.3, 0.4) is 0 Å². The Morgan fingerprint density at radius 1 is 1.33 bits per heavy atom. The van der Waals surface area contributed by atoms with Crippen LogP contribution in [-0.4, -0.2) is 12.5 Å². The molecule has 5 heteroatoms. The highest BCUT2D eigenvalue weighted by atomic mass is 19.3. The van der Waals surface area contributed by atoms with Crippen molar-refractivity contribution in [2.45, 2.75) is 44.3 Å². The van der Waals surface area contributed by atoms with Crippen LogP contribution in [0.5, 0.6) is 0 Å². The van der Waals surface area contributed by atoms with E-state index in [1.165, 1.54) is 6.07 Å². The molecule has 1 aromatic carbocycles. The third kappa shape index (κ3) is 3.46. The maximum atomic E-state index is 13.5. The number of hydroxylamine groups is 1. The predicted octanol–water partition coefficient (Wildman–Crippen LogP) is 3.60. The van der Waals surface area contributed by atoms with E-state index in [0.717, 1.165) is 0 Å². The Labute approximate surface area is 104 Å². The average molecular weight is 259 g/mol. The molecule has 1 saturated heterocycles. The molecule has 0 saturated carbocycles. The zero-order valence-electron chi connectivity index (χ0n) is 9.91. The van der Waals surface area contributed by atoms with Crippen molar-refractivity contribution in [3.63, 3.8) is 0 Å². The van der Waals surface area contributed by atoms with E-state index in [0.29, 0.717) is 24.8 Å². The van der Waals surface area contributed by atoms with Gasteiger partial charge in [-0.1, -0.05) is 18.2 Å². The van der Waals surface area contributed by atoms with Crippen molar-refractivity contribution in [2.24, 2.45) is 0 Å². The molecule has 2 atom stereocenters. The Kier molecular flexibility index (Phi) is 4.60. The number of benzene rings is 1. The van der Waals surface area contributed by atoms with E-state index in [9.17, 15) is 13.2 Å². The monoisotopic (exact) mass is 259 g/mol. The molecule has 0 aliphatic carbocycles. The lowest BCUT2D eigenvalue weighted by Gasteiger charge is -2.09.